The number of aliphatic hydroxyl groups excluding tert-OH is 1. The summed E-state index contributed by atoms with van der Waals surface area (Å²) in [5.74, 6) is 1.72. The summed E-state index contributed by atoms with van der Waals surface area (Å²) in [5.41, 5.74) is 0.266. The Morgan fingerprint density at radius 3 is 3.00 bits per heavy atom. The second-order valence-electron chi connectivity index (χ2n) is 5.29. The third-order valence-corrected chi connectivity index (χ3v) is 3.73. The highest BCUT2D eigenvalue weighted by Gasteiger charge is 2.16. The Balaban J connectivity index is 1.70. The number of nitrogens with zero attached hydrogens (tertiary/aromatic N) is 3. The van der Waals surface area contributed by atoms with Crippen LogP contribution in [0, 0.1) is 5.82 Å². The van der Waals surface area contributed by atoms with Crippen LogP contribution in [0.1, 0.15) is 43.1 Å². The van der Waals surface area contributed by atoms with Crippen LogP contribution in [0.15, 0.2) is 18.2 Å². The van der Waals surface area contributed by atoms with E-state index < -0.39 is 11.9 Å². The fourth-order valence-electron chi connectivity index (χ4n) is 2.56. The molecule has 1 aliphatic heterocycles. The van der Waals surface area contributed by atoms with E-state index in [0.717, 1.165) is 37.5 Å². The number of hydrogen-bond donors (Lipinski definition) is 1. The van der Waals surface area contributed by atoms with Crippen LogP contribution in [-0.4, -0.2) is 19.9 Å². The SMILES string of the molecule is C[C@@H](O)c1ccc(OCc2nnc3n2CCCC3)cc1F. The van der Waals surface area contributed by atoms with Crippen molar-refractivity contribution in [2.75, 3.05) is 0 Å². The molecule has 0 bridgehead atoms. The monoisotopic (exact) mass is 291 g/mol. The quantitative estimate of drug-likeness (QED) is 0.939. The van der Waals surface area contributed by atoms with Crippen LogP contribution in [0.3, 0.4) is 0 Å². The molecule has 1 aliphatic rings. The van der Waals surface area contributed by atoms with Crippen LogP contribution in [0.2, 0.25) is 0 Å². The predicted molar refractivity (Wildman–Crippen MR) is 74.3 cm³/mol. The van der Waals surface area contributed by atoms with Crippen molar-refractivity contribution in [3.05, 3.63) is 41.2 Å². The van der Waals surface area contributed by atoms with Crippen molar-refractivity contribution in [3.63, 3.8) is 0 Å². The Morgan fingerprint density at radius 1 is 1.38 bits per heavy atom. The van der Waals surface area contributed by atoms with Gasteiger partial charge in [0.2, 0.25) is 0 Å². The van der Waals surface area contributed by atoms with Gasteiger partial charge in [0.15, 0.2) is 5.82 Å². The van der Waals surface area contributed by atoms with Gasteiger partial charge in [0.1, 0.15) is 24.0 Å². The summed E-state index contributed by atoms with van der Waals surface area (Å²) in [5, 5.41) is 17.7. The van der Waals surface area contributed by atoms with Crippen LogP contribution < -0.4 is 4.74 Å². The number of aromatic nitrogens is 3. The topological polar surface area (TPSA) is 60.2 Å². The first-order valence-electron chi connectivity index (χ1n) is 7.16. The van der Waals surface area contributed by atoms with Gasteiger partial charge in [-0.3, -0.25) is 0 Å². The minimum atomic E-state index is -0.831. The molecule has 0 spiro atoms. The van der Waals surface area contributed by atoms with Gasteiger partial charge in [-0.2, -0.15) is 0 Å². The zero-order chi connectivity index (χ0) is 14.8. The first kappa shape index (κ1) is 14.0. The molecule has 0 aliphatic carbocycles. The van der Waals surface area contributed by atoms with Crippen molar-refractivity contribution in [3.8, 4) is 5.75 Å². The number of ether oxygens (including phenoxy) is 1. The van der Waals surface area contributed by atoms with E-state index in [-0.39, 0.29) is 12.2 Å². The van der Waals surface area contributed by atoms with Gasteiger partial charge in [-0.15, -0.1) is 10.2 Å². The minimum Gasteiger partial charge on any atom is -0.486 e. The summed E-state index contributed by atoms with van der Waals surface area (Å²) in [6.45, 7) is 2.71. The summed E-state index contributed by atoms with van der Waals surface area (Å²) in [6.07, 6.45) is 2.38. The Hall–Kier alpha value is -1.95. The molecule has 0 radical (unpaired) electrons. The van der Waals surface area contributed by atoms with E-state index >= 15 is 0 Å². The van der Waals surface area contributed by atoms with E-state index in [1.54, 1.807) is 6.07 Å². The summed E-state index contributed by atoms with van der Waals surface area (Å²) in [7, 11) is 0. The van der Waals surface area contributed by atoms with Crippen LogP contribution in [0.5, 0.6) is 5.75 Å². The molecule has 0 saturated carbocycles. The maximum Gasteiger partial charge on any atom is 0.171 e. The lowest BCUT2D eigenvalue weighted by atomic mass is 10.1. The molecule has 1 aromatic carbocycles. The van der Waals surface area contributed by atoms with Crippen LogP contribution in [-0.2, 0) is 19.6 Å². The Labute approximate surface area is 122 Å². The highest BCUT2D eigenvalue weighted by molar-refractivity contribution is 5.30. The maximum atomic E-state index is 13.8. The van der Waals surface area contributed by atoms with Gasteiger partial charge >= 0.3 is 0 Å². The molecule has 21 heavy (non-hydrogen) atoms. The van der Waals surface area contributed by atoms with E-state index in [0.29, 0.717) is 5.75 Å². The van der Waals surface area contributed by atoms with E-state index in [1.807, 2.05) is 0 Å². The van der Waals surface area contributed by atoms with E-state index in [9.17, 15) is 9.50 Å². The van der Waals surface area contributed by atoms with E-state index in [2.05, 4.69) is 14.8 Å². The normalized spacial score (nSPS) is 15.6. The Morgan fingerprint density at radius 2 is 2.24 bits per heavy atom. The molecule has 1 atom stereocenters. The molecule has 1 N–H and O–H groups in total. The first-order valence-corrected chi connectivity index (χ1v) is 7.16. The zero-order valence-corrected chi connectivity index (χ0v) is 11.9. The van der Waals surface area contributed by atoms with E-state index in [1.165, 1.54) is 19.1 Å². The number of rotatable bonds is 4. The van der Waals surface area contributed by atoms with Crippen molar-refractivity contribution in [1.82, 2.24) is 14.8 Å². The molecule has 6 heteroatoms. The second-order valence-corrected chi connectivity index (χ2v) is 5.29. The number of halogens is 1. The summed E-state index contributed by atoms with van der Waals surface area (Å²) < 4.78 is 21.4. The fraction of sp³-hybridized carbons (Fsp3) is 0.467. The van der Waals surface area contributed by atoms with Gasteiger partial charge in [-0.05, 0) is 31.9 Å². The molecule has 5 nitrogen and oxygen atoms in total. The second kappa shape index (κ2) is 5.81. The van der Waals surface area contributed by atoms with Gasteiger partial charge in [0.05, 0.1) is 6.10 Å². The molecule has 1 aromatic heterocycles. The summed E-state index contributed by atoms with van der Waals surface area (Å²) >= 11 is 0. The average Bonchev–Trinajstić information content (AvgIpc) is 2.88. The Kier molecular flexibility index (Phi) is 3.88. The van der Waals surface area contributed by atoms with Crippen LogP contribution >= 0.6 is 0 Å². The fourth-order valence-corrected chi connectivity index (χ4v) is 2.56. The predicted octanol–water partition coefficient (Wildman–Crippen LogP) is 2.39. The van der Waals surface area contributed by atoms with Crippen molar-refractivity contribution in [2.45, 2.75) is 45.4 Å². The number of aliphatic hydroxyl groups is 1. The zero-order valence-electron chi connectivity index (χ0n) is 11.9. The Bertz CT molecular complexity index is 640. The number of fused-ring (bicyclic) bond motifs is 1. The summed E-state index contributed by atoms with van der Waals surface area (Å²) in [4.78, 5) is 0. The molecule has 0 fully saturated rings. The number of benzene rings is 1. The van der Waals surface area contributed by atoms with Crippen molar-refractivity contribution >= 4 is 0 Å². The smallest absolute Gasteiger partial charge is 0.171 e. The summed E-state index contributed by atoms with van der Waals surface area (Å²) in [6, 6.07) is 4.47. The molecule has 0 amide bonds. The van der Waals surface area contributed by atoms with E-state index in [4.69, 9.17) is 4.74 Å². The van der Waals surface area contributed by atoms with Gasteiger partial charge < -0.3 is 14.4 Å². The largest absolute Gasteiger partial charge is 0.486 e. The number of hydrogen-bond acceptors (Lipinski definition) is 4. The molecule has 0 saturated heterocycles. The van der Waals surface area contributed by atoms with Gasteiger partial charge in [-0.1, -0.05) is 0 Å². The third kappa shape index (κ3) is 2.90. The van der Waals surface area contributed by atoms with Crippen LogP contribution in [0.25, 0.3) is 0 Å². The van der Waals surface area contributed by atoms with Crippen molar-refractivity contribution in [1.29, 1.82) is 0 Å². The van der Waals surface area contributed by atoms with Gasteiger partial charge in [0.25, 0.3) is 0 Å². The lowest BCUT2D eigenvalue weighted by Crippen LogP contribution is -2.14. The standard InChI is InChI=1S/C15H18FN3O2/c1-10(20)12-6-5-11(8-13(12)16)21-9-15-18-17-14-4-2-3-7-19(14)15/h5-6,8,10,20H,2-4,7,9H2,1H3/t10-/m1/s1. The lowest BCUT2D eigenvalue weighted by Gasteiger charge is -2.15. The highest BCUT2D eigenvalue weighted by atomic mass is 19.1. The molecule has 2 heterocycles. The first-order chi connectivity index (χ1) is 10.1. The molecule has 2 aromatic rings. The van der Waals surface area contributed by atoms with Crippen LogP contribution in [0.4, 0.5) is 4.39 Å². The molecule has 112 valence electrons. The number of aryl methyl sites for hydroxylation is 1. The van der Waals surface area contributed by atoms with Gasteiger partial charge in [-0.25, -0.2) is 4.39 Å². The third-order valence-electron chi connectivity index (χ3n) is 3.73. The molecule has 0 unspecified atom stereocenters. The average molecular weight is 291 g/mol. The molecular formula is C15H18FN3O2. The van der Waals surface area contributed by atoms with Gasteiger partial charge in [0, 0.05) is 24.6 Å². The van der Waals surface area contributed by atoms with Crippen molar-refractivity contribution < 1.29 is 14.2 Å². The lowest BCUT2D eigenvalue weighted by molar-refractivity contribution is 0.193. The minimum absolute atomic E-state index is 0.264. The highest BCUT2D eigenvalue weighted by Crippen LogP contribution is 2.22. The molecule has 3 rings (SSSR count). The molecular weight excluding hydrogens is 273 g/mol. The van der Waals surface area contributed by atoms with Crippen molar-refractivity contribution in [2.24, 2.45) is 0 Å². The maximum absolute atomic E-state index is 13.8.